The third-order valence-corrected chi connectivity index (χ3v) is 2.58. The predicted molar refractivity (Wildman–Crippen MR) is 70.3 cm³/mol. The van der Waals surface area contributed by atoms with Gasteiger partial charge in [0.2, 0.25) is 0 Å². The van der Waals surface area contributed by atoms with Crippen LogP contribution in [0.5, 0.6) is 0 Å². The van der Waals surface area contributed by atoms with E-state index < -0.39 is 0 Å². The molecule has 0 atom stereocenters. The van der Waals surface area contributed by atoms with Crippen LogP contribution in [0.25, 0.3) is 0 Å². The van der Waals surface area contributed by atoms with Gasteiger partial charge in [0.1, 0.15) is 12.4 Å². The highest BCUT2D eigenvalue weighted by Gasteiger charge is 2.09. The molecule has 0 unspecified atom stereocenters. The molecule has 0 N–H and O–H groups in total. The van der Waals surface area contributed by atoms with Crippen molar-refractivity contribution in [2.75, 3.05) is 6.61 Å². The van der Waals surface area contributed by atoms with Crippen LogP contribution in [0.3, 0.4) is 0 Å². The van der Waals surface area contributed by atoms with E-state index in [4.69, 9.17) is 4.74 Å². The van der Waals surface area contributed by atoms with Crippen molar-refractivity contribution in [1.82, 2.24) is 0 Å². The Bertz CT molecular complexity index is 371. The van der Waals surface area contributed by atoms with Crippen molar-refractivity contribution >= 4 is 11.6 Å². The van der Waals surface area contributed by atoms with Crippen LogP contribution in [0.2, 0.25) is 0 Å². The lowest BCUT2D eigenvalue weighted by molar-refractivity contribution is -0.130. The molecule has 3 heteroatoms. The number of hydrogen-bond donors (Lipinski definition) is 0. The summed E-state index contributed by atoms with van der Waals surface area (Å²) in [6.07, 6.45) is 2.34. The number of ketones is 2. The normalized spacial score (nSPS) is 10.3. The first-order valence-electron chi connectivity index (χ1n) is 6.37. The molecule has 0 aliphatic rings. The molecule has 1 aromatic rings. The lowest BCUT2D eigenvalue weighted by Crippen LogP contribution is -2.13. The van der Waals surface area contributed by atoms with Gasteiger partial charge in [-0.25, -0.2) is 0 Å². The lowest BCUT2D eigenvalue weighted by Gasteiger charge is -2.03. The topological polar surface area (TPSA) is 43.4 Å². The Morgan fingerprint density at radius 1 is 1.11 bits per heavy atom. The second-order valence-electron chi connectivity index (χ2n) is 4.34. The van der Waals surface area contributed by atoms with Gasteiger partial charge in [-0.05, 0) is 12.0 Å². The molecule has 0 aromatic heterocycles. The lowest BCUT2D eigenvalue weighted by atomic mass is 10.1. The zero-order chi connectivity index (χ0) is 13.2. The number of Topliss-reactive ketones (excluding diaryl/α,β-unsaturated/α-hetero) is 2. The van der Waals surface area contributed by atoms with E-state index in [-0.39, 0.29) is 24.6 Å². The smallest absolute Gasteiger partial charge is 0.165 e. The van der Waals surface area contributed by atoms with E-state index in [1.54, 1.807) is 0 Å². The first-order valence-corrected chi connectivity index (χ1v) is 6.37. The summed E-state index contributed by atoms with van der Waals surface area (Å²) >= 11 is 0. The molecule has 0 aliphatic heterocycles. The summed E-state index contributed by atoms with van der Waals surface area (Å²) in [5, 5.41) is 0. The van der Waals surface area contributed by atoms with Crippen LogP contribution >= 0.6 is 0 Å². The minimum absolute atomic E-state index is 0.00872. The summed E-state index contributed by atoms with van der Waals surface area (Å²) in [6.45, 7) is 2.46. The Kier molecular flexibility index (Phi) is 6.96. The number of unbranched alkanes of at least 4 members (excludes halogenated alkanes) is 1. The predicted octanol–water partition coefficient (Wildman–Crippen LogP) is 2.92. The largest absolute Gasteiger partial charge is 0.369 e. The van der Waals surface area contributed by atoms with Crippen molar-refractivity contribution in [3.8, 4) is 0 Å². The molecular formula is C15H20O3. The highest BCUT2D eigenvalue weighted by atomic mass is 16.5. The van der Waals surface area contributed by atoms with Gasteiger partial charge in [0.15, 0.2) is 5.78 Å². The van der Waals surface area contributed by atoms with Gasteiger partial charge >= 0.3 is 0 Å². The summed E-state index contributed by atoms with van der Waals surface area (Å²) < 4.78 is 5.29. The average molecular weight is 248 g/mol. The molecule has 98 valence electrons. The molecule has 0 heterocycles. The Balaban J connectivity index is 2.15. The molecule has 3 nitrogen and oxygen atoms in total. The quantitative estimate of drug-likeness (QED) is 0.631. The van der Waals surface area contributed by atoms with E-state index >= 15 is 0 Å². The van der Waals surface area contributed by atoms with E-state index in [0.717, 1.165) is 18.4 Å². The molecule has 1 aromatic carbocycles. The number of hydrogen-bond acceptors (Lipinski definition) is 3. The van der Waals surface area contributed by atoms with Gasteiger partial charge in [-0.15, -0.1) is 0 Å². The van der Waals surface area contributed by atoms with E-state index in [2.05, 4.69) is 0 Å². The Morgan fingerprint density at radius 2 is 1.83 bits per heavy atom. The average Bonchev–Trinajstić information content (AvgIpc) is 2.37. The molecule has 0 amide bonds. The highest BCUT2D eigenvalue weighted by molar-refractivity contribution is 5.99. The first kappa shape index (κ1) is 14.6. The van der Waals surface area contributed by atoms with Crippen LogP contribution in [-0.2, 0) is 20.9 Å². The summed E-state index contributed by atoms with van der Waals surface area (Å²) in [5.74, 6) is -0.114. The maximum atomic E-state index is 11.5. The van der Waals surface area contributed by atoms with E-state index in [1.807, 2.05) is 37.3 Å². The second kappa shape index (κ2) is 8.59. The standard InChI is InChI=1S/C15H20O3/c1-2-3-9-14(16)10-15(17)12-18-11-13-7-5-4-6-8-13/h4-8H,2-3,9-12H2,1H3. The second-order valence-corrected chi connectivity index (χ2v) is 4.34. The van der Waals surface area contributed by atoms with Crippen molar-refractivity contribution in [1.29, 1.82) is 0 Å². The highest BCUT2D eigenvalue weighted by Crippen LogP contribution is 2.02. The van der Waals surface area contributed by atoms with Crippen molar-refractivity contribution in [3.63, 3.8) is 0 Å². The monoisotopic (exact) mass is 248 g/mol. The van der Waals surface area contributed by atoms with Crippen molar-refractivity contribution in [2.24, 2.45) is 0 Å². The molecule has 0 spiro atoms. The zero-order valence-electron chi connectivity index (χ0n) is 10.9. The van der Waals surface area contributed by atoms with Crippen molar-refractivity contribution < 1.29 is 14.3 Å². The molecule has 0 saturated heterocycles. The molecule has 0 radical (unpaired) electrons. The minimum Gasteiger partial charge on any atom is -0.369 e. The SMILES string of the molecule is CCCCC(=O)CC(=O)COCc1ccccc1. The van der Waals surface area contributed by atoms with Gasteiger partial charge in [0.05, 0.1) is 13.0 Å². The number of benzene rings is 1. The van der Waals surface area contributed by atoms with Crippen molar-refractivity contribution in [3.05, 3.63) is 35.9 Å². The Hall–Kier alpha value is -1.48. The maximum absolute atomic E-state index is 11.5. The molecule has 0 fully saturated rings. The molecule has 0 bridgehead atoms. The van der Waals surface area contributed by atoms with Gasteiger partial charge in [0, 0.05) is 6.42 Å². The Labute approximate surface area is 108 Å². The molecular weight excluding hydrogens is 228 g/mol. The number of carbonyl (C=O) groups excluding carboxylic acids is 2. The van der Waals surface area contributed by atoms with Crippen molar-refractivity contribution in [2.45, 2.75) is 39.2 Å². The molecule has 18 heavy (non-hydrogen) atoms. The Morgan fingerprint density at radius 3 is 2.50 bits per heavy atom. The fourth-order valence-electron chi connectivity index (χ4n) is 1.59. The van der Waals surface area contributed by atoms with E-state index in [1.165, 1.54) is 0 Å². The van der Waals surface area contributed by atoms with Gasteiger partial charge < -0.3 is 4.74 Å². The van der Waals surface area contributed by atoms with Gasteiger partial charge in [-0.3, -0.25) is 9.59 Å². The number of ether oxygens (including phenoxy) is 1. The zero-order valence-corrected chi connectivity index (χ0v) is 10.9. The molecule has 0 saturated carbocycles. The van der Waals surface area contributed by atoms with Crippen LogP contribution in [0.1, 0.15) is 38.2 Å². The maximum Gasteiger partial charge on any atom is 0.165 e. The van der Waals surface area contributed by atoms with E-state index in [0.29, 0.717) is 13.0 Å². The van der Waals surface area contributed by atoms with Gasteiger partial charge in [-0.1, -0.05) is 43.7 Å². The van der Waals surface area contributed by atoms with Crippen LogP contribution in [0, 0.1) is 0 Å². The van der Waals surface area contributed by atoms with E-state index in [9.17, 15) is 9.59 Å². The summed E-state index contributed by atoms with van der Waals surface area (Å²) in [6, 6.07) is 9.67. The number of rotatable bonds is 9. The number of carbonyl (C=O) groups is 2. The first-order chi connectivity index (χ1) is 8.72. The van der Waals surface area contributed by atoms with Gasteiger partial charge in [0.25, 0.3) is 0 Å². The molecule has 1 rings (SSSR count). The summed E-state index contributed by atoms with van der Waals surface area (Å²) in [4.78, 5) is 22.8. The third kappa shape index (κ3) is 6.30. The fourth-order valence-corrected chi connectivity index (χ4v) is 1.59. The fraction of sp³-hybridized carbons (Fsp3) is 0.467. The van der Waals surface area contributed by atoms with Crippen LogP contribution in [0.15, 0.2) is 30.3 Å². The summed E-state index contributed by atoms with van der Waals surface area (Å²) in [5.41, 5.74) is 1.03. The summed E-state index contributed by atoms with van der Waals surface area (Å²) in [7, 11) is 0. The third-order valence-electron chi connectivity index (χ3n) is 2.58. The van der Waals surface area contributed by atoms with Crippen LogP contribution < -0.4 is 0 Å². The minimum atomic E-state index is -0.132. The molecule has 0 aliphatic carbocycles. The van der Waals surface area contributed by atoms with Crippen LogP contribution in [-0.4, -0.2) is 18.2 Å². The van der Waals surface area contributed by atoms with Crippen LogP contribution in [0.4, 0.5) is 0 Å². The van der Waals surface area contributed by atoms with Gasteiger partial charge in [-0.2, -0.15) is 0 Å².